The highest BCUT2D eigenvalue weighted by Gasteiger charge is 2.31. The van der Waals surface area contributed by atoms with Gasteiger partial charge in [-0.15, -0.1) is 0 Å². The number of fused-ring (bicyclic) bond motifs is 1. The van der Waals surface area contributed by atoms with Crippen molar-refractivity contribution in [2.24, 2.45) is 0 Å². The minimum atomic E-state index is -0.0631. The summed E-state index contributed by atoms with van der Waals surface area (Å²) in [7, 11) is 1.86. The lowest BCUT2D eigenvalue weighted by Gasteiger charge is -2.12. The molecule has 1 saturated heterocycles. The number of imidazole rings is 1. The molecule has 0 saturated carbocycles. The quantitative estimate of drug-likeness (QED) is 0.694. The van der Waals surface area contributed by atoms with E-state index in [1.165, 1.54) is 5.56 Å². The van der Waals surface area contributed by atoms with Crippen molar-refractivity contribution in [2.75, 3.05) is 13.6 Å². The van der Waals surface area contributed by atoms with Crippen molar-refractivity contribution < 1.29 is 4.79 Å². The van der Waals surface area contributed by atoms with E-state index in [0.29, 0.717) is 5.02 Å². The SMILES string of the molecule is CN1CCC(Sc2nc3cc(Cl)ccc3n2Cc2ccccc2)C1=O. The maximum atomic E-state index is 12.3. The highest BCUT2D eigenvalue weighted by molar-refractivity contribution is 8.00. The lowest BCUT2D eigenvalue weighted by atomic mass is 10.2. The van der Waals surface area contributed by atoms with Crippen LogP contribution in [0.25, 0.3) is 11.0 Å². The monoisotopic (exact) mass is 371 g/mol. The molecule has 1 aromatic heterocycles. The smallest absolute Gasteiger partial charge is 0.235 e. The number of thioether (sulfide) groups is 1. The van der Waals surface area contributed by atoms with Gasteiger partial charge in [0.25, 0.3) is 0 Å². The van der Waals surface area contributed by atoms with Crippen molar-refractivity contribution in [1.82, 2.24) is 14.5 Å². The second-order valence-corrected chi connectivity index (χ2v) is 7.86. The molecule has 0 aliphatic carbocycles. The van der Waals surface area contributed by atoms with E-state index in [-0.39, 0.29) is 11.2 Å². The Kier molecular flexibility index (Phi) is 4.44. The first-order valence-electron chi connectivity index (χ1n) is 8.23. The maximum absolute atomic E-state index is 12.3. The molecule has 4 nitrogen and oxygen atoms in total. The summed E-state index contributed by atoms with van der Waals surface area (Å²) in [6.45, 7) is 1.53. The van der Waals surface area contributed by atoms with Crippen LogP contribution in [-0.4, -0.2) is 39.2 Å². The Bertz CT molecular complexity index is 925. The summed E-state index contributed by atoms with van der Waals surface area (Å²) in [4.78, 5) is 18.8. The fourth-order valence-electron chi connectivity index (χ4n) is 3.12. The number of halogens is 1. The van der Waals surface area contributed by atoms with Gasteiger partial charge in [-0.25, -0.2) is 4.98 Å². The number of hydrogen-bond donors (Lipinski definition) is 0. The molecule has 128 valence electrons. The molecule has 0 bridgehead atoms. The van der Waals surface area contributed by atoms with Gasteiger partial charge in [-0.3, -0.25) is 4.79 Å². The Morgan fingerprint density at radius 3 is 2.76 bits per heavy atom. The van der Waals surface area contributed by atoms with E-state index < -0.39 is 0 Å². The van der Waals surface area contributed by atoms with Gasteiger partial charge in [-0.1, -0.05) is 53.7 Å². The predicted octanol–water partition coefficient (Wildman–Crippen LogP) is 4.06. The summed E-state index contributed by atoms with van der Waals surface area (Å²) < 4.78 is 2.18. The number of benzene rings is 2. The zero-order valence-corrected chi connectivity index (χ0v) is 15.4. The van der Waals surface area contributed by atoms with Crippen LogP contribution < -0.4 is 0 Å². The van der Waals surface area contributed by atoms with Crippen molar-refractivity contribution in [3.05, 3.63) is 59.1 Å². The largest absolute Gasteiger partial charge is 0.345 e. The Morgan fingerprint density at radius 2 is 2.04 bits per heavy atom. The lowest BCUT2D eigenvalue weighted by Crippen LogP contribution is -2.24. The van der Waals surface area contributed by atoms with Gasteiger partial charge in [0, 0.05) is 18.6 Å². The second kappa shape index (κ2) is 6.73. The van der Waals surface area contributed by atoms with Crippen LogP contribution in [-0.2, 0) is 11.3 Å². The molecule has 0 N–H and O–H groups in total. The first kappa shape index (κ1) is 16.5. The summed E-state index contributed by atoms with van der Waals surface area (Å²) in [5.41, 5.74) is 3.10. The number of likely N-dealkylation sites (tertiary alicyclic amines) is 1. The lowest BCUT2D eigenvalue weighted by molar-refractivity contribution is -0.126. The molecule has 25 heavy (non-hydrogen) atoms. The molecule has 1 atom stereocenters. The van der Waals surface area contributed by atoms with Crippen molar-refractivity contribution in [1.29, 1.82) is 0 Å². The summed E-state index contributed by atoms with van der Waals surface area (Å²) in [6.07, 6.45) is 0.856. The Labute approximate surface area is 155 Å². The molecule has 1 amide bonds. The molecule has 4 rings (SSSR count). The molecule has 1 aliphatic rings. The summed E-state index contributed by atoms with van der Waals surface area (Å²) in [5, 5.41) is 1.48. The molecule has 1 aliphatic heterocycles. The zero-order chi connectivity index (χ0) is 17.4. The van der Waals surface area contributed by atoms with E-state index in [9.17, 15) is 4.79 Å². The number of nitrogens with zero attached hydrogens (tertiary/aromatic N) is 3. The molecule has 1 fully saturated rings. The first-order valence-corrected chi connectivity index (χ1v) is 9.49. The number of amides is 1. The summed E-state index contributed by atoms with van der Waals surface area (Å²) in [5.74, 6) is 0.182. The fourth-order valence-corrected chi connectivity index (χ4v) is 4.48. The van der Waals surface area contributed by atoms with E-state index in [1.54, 1.807) is 16.7 Å². The third kappa shape index (κ3) is 3.26. The van der Waals surface area contributed by atoms with Crippen molar-refractivity contribution in [3.63, 3.8) is 0 Å². The number of hydrogen-bond acceptors (Lipinski definition) is 3. The number of carbonyl (C=O) groups excluding carboxylic acids is 1. The zero-order valence-electron chi connectivity index (χ0n) is 13.9. The second-order valence-electron chi connectivity index (χ2n) is 6.25. The van der Waals surface area contributed by atoms with E-state index >= 15 is 0 Å². The van der Waals surface area contributed by atoms with Crippen LogP contribution in [0.15, 0.2) is 53.7 Å². The molecule has 2 aromatic carbocycles. The summed E-state index contributed by atoms with van der Waals surface area (Å²) in [6, 6.07) is 16.1. The first-order chi connectivity index (χ1) is 12.1. The van der Waals surface area contributed by atoms with Crippen LogP contribution >= 0.6 is 23.4 Å². The molecule has 2 heterocycles. The van der Waals surface area contributed by atoms with Crippen LogP contribution in [0, 0.1) is 0 Å². The van der Waals surface area contributed by atoms with Crippen LogP contribution in [0.2, 0.25) is 5.02 Å². The predicted molar refractivity (Wildman–Crippen MR) is 102 cm³/mol. The van der Waals surface area contributed by atoms with Crippen LogP contribution in [0.5, 0.6) is 0 Å². The highest BCUT2D eigenvalue weighted by Crippen LogP contribution is 2.33. The molecule has 1 unspecified atom stereocenters. The van der Waals surface area contributed by atoms with Crippen LogP contribution in [0.1, 0.15) is 12.0 Å². The molecule has 3 aromatic rings. The van der Waals surface area contributed by atoms with Gasteiger partial charge in [0.15, 0.2) is 5.16 Å². The molecular formula is C19H18ClN3OS. The third-order valence-electron chi connectivity index (χ3n) is 4.48. The van der Waals surface area contributed by atoms with Gasteiger partial charge in [-0.2, -0.15) is 0 Å². The maximum Gasteiger partial charge on any atom is 0.235 e. The van der Waals surface area contributed by atoms with E-state index in [1.807, 2.05) is 43.4 Å². The van der Waals surface area contributed by atoms with Crippen LogP contribution in [0.3, 0.4) is 0 Å². The summed E-state index contributed by atoms with van der Waals surface area (Å²) >= 11 is 7.69. The van der Waals surface area contributed by atoms with Gasteiger partial charge in [0.2, 0.25) is 5.91 Å². The molecule has 0 radical (unpaired) electrons. The third-order valence-corrected chi connectivity index (χ3v) is 5.96. The van der Waals surface area contributed by atoms with Crippen molar-refractivity contribution >= 4 is 40.3 Å². The Hall–Kier alpha value is -1.98. The average molecular weight is 372 g/mol. The van der Waals surface area contributed by atoms with Crippen molar-refractivity contribution in [3.8, 4) is 0 Å². The minimum absolute atomic E-state index is 0.0631. The Morgan fingerprint density at radius 1 is 1.24 bits per heavy atom. The van der Waals surface area contributed by atoms with Crippen molar-refractivity contribution in [2.45, 2.75) is 23.4 Å². The molecule has 0 spiro atoms. The van der Waals surface area contributed by atoms with Crippen LogP contribution in [0.4, 0.5) is 0 Å². The average Bonchev–Trinajstić information content (AvgIpc) is 3.10. The standard InChI is InChI=1S/C19H18ClN3OS/c1-22-10-9-17(18(22)24)25-19-21-15-11-14(20)7-8-16(15)23(19)12-13-5-3-2-4-6-13/h2-8,11,17H,9-10,12H2,1H3. The van der Waals surface area contributed by atoms with E-state index in [4.69, 9.17) is 16.6 Å². The number of carbonyl (C=O) groups is 1. The van der Waals surface area contributed by atoms with Gasteiger partial charge in [0.05, 0.1) is 22.8 Å². The topological polar surface area (TPSA) is 38.1 Å². The highest BCUT2D eigenvalue weighted by atomic mass is 35.5. The number of rotatable bonds is 4. The van der Waals surface area contributed by atoms with E-state index in [0.717, 1.165) is 35.7 Å². The van der Waals surface area contributed by atoms with Gasteiger partial charge >= 0.3 is 0 Å². The molecular weight excluding hydrogens is 354 g/mol. The van der Waals surface area contributed by atoms with Gasteiger partial charge in [-0.05, 0) is 30.2 Å². The molecule has 6 heteroatoms. The van der Waals surface area contributed by atoms with Gasteiger partial charge in [0.1, 0.15) is 0 Å². The fraction of sp³-hybridized carbons (Fsp3) is 0.263. The number of aromatic nitrogens is 2. The van der Waals surface area contributed by atoms with Gasteiger partial charge < -0.3 is 9.47 Å². The normalized spacial score (nSPS) is 17.6. The van der Waals surface area contributed by atoms with E-state index in [2.05, 4.69) is 16.7 Å². The Balaban J connectivity index is 1.74. The minimum Gasteiger partial charge on any atom is -0.345 e.